The molecule has 0 spiro atoms. The molecule has 0 aliphatic heterocycles. The van der Waals surface area contributed by atoms with Gasteiger partial charge in [-0.2, -0.15) is 5.26 Å². The molecule has 6 heteroatoms. The van der Waals surface area contributed by atoms with Crippen molar-refractivity contribution >= 4 is 40.9 Å². The quantitative estimate of drug-likeness (QED) is 0.346. The molecular weight excluding hydrogens is 431 g/mol. The van der Waals surface area contributed by atoms with Crippen LogP contribution in [0.3, 0.4) is 0 Å². The molecule has 1 amide bonds. The number of benzene rings is 3. The van der Waals surface area contributed by atoms with Crippen LogP contribution in [0.15, 0.2) is 66.2 Å². The Bertz CT molecular complexity index is 1200. The summed E-state index contributed by atoms with van der Waals surface area (Å²) in [7, 11) is 1.59. The number of hydrogen-bond acceptors (Lipinski definition) is 3. The Labute approximate surface area is 191 Å². The predicted octanol–water partition coefficient (Wildman–Crippen LogP) is 6.45. The van der Waals surface area contributed by atoms with Crippen molar-refractivity contribution in [3.8, 4) is 11.8 Å². The molecule has 156 valence electrons. The Morgan fingerprint density at radius 3 is 2.52 bits per heavy atom. The first-order chi connectivity index (χ1) is 14.9. The van der Waals surface area contributed by atoms with E-state index in [1.165, 1.54) is 0 Å². The van der Waals surface area contributed by atoms with Gasteiger partial charge >= 0.3 is 0 Å². The van der Waals surface area contributed by atoms with Gasteiger partial charge in [-0.15, -0.1) is 0 Å². The van der Waals surface area contributed by atoms with E-state index in [0.717, 1.165) is 22.3 Å². The van der Waals surface area contributed by atoms with E-state index in [2.05, 4.69) is 5.32 Å². The van der Waals surface area contributed by atoms with Crippen molar-refractivity contribution in [2.24, 2.45) is 0 Å². The van der Waals surface area contributed by atoms with E-state index in [1.54, 1.807) is 37.5 Å². The third-order valence-electron chi connectivity index (χ3n) is 4.78. The van der Waals surface area contributed by atoms with Gasteiger partial charge < -0.3 is 10.1 Å². The first-order valence-corrected chi connectivity index (χ1v) is 10.3. The van der Waals surface area contributed by atoms with Gasteiger partial charge in [-0.3, -0.25) is 4.79 Å². The van der Waals surface area contributed by atoms with Crippen LogP contribution in [-0.4, -0.2) is 13.0 Å². The van der Waals surface area contributed by atoms with Crippen molar-refractivity contribution in [2.75, 3.05) is 12.4 Å². The van der Waals surface area contributed by atoms with E-state index < -0.39 is 5.91 Å². The molecule has 0 aliphatic carbocycles. The average molecular weight is 451 g/mol. The van der Waals surface area contributed by atoms with Gasteiger partial charge in [-0.25, -0.2) is 0 Å². The van der Waals surface area contributed by atoms with Gasteiger partial charge in [0, 0.05) is 15.7 Å². The molecule has 3 aromatic carbocycles. The molecule has 0 aliphatic rings. The van der Waals surface area contributed by atoms with Crippen molar-refractivity contribution < 1.29 is 9.53 Å². The highest BCUT2D eigenvalue weighted by molar-refractivity contribution is 6.32. The minimum absolute atomic E-state index is 0.0257. The van der Waals surface area contributed by atoms with Crippen LogP contribution in [0.2, 0.25) is 10.0 Å². The number of anilines is 1. The number of methoxy groups -OCH3 is 1. The number of nitrogens with zero attached hydrogens (tertiary/aromatic N) is 1. The number of ether oxygens (including phenoxy) is 1. The highest BCUT2D eigenvalue weighted by atomic mass is 35.5. The highest BCUT2D eigenvalue weighted by Gasteiger charge is 2.13. The van der Waals surface area contributed by atoms with E-state index in [-0.39, 0.29) is 5.57 Å². The largest absolute Gasteiger partial charge is 0.497 e. The lowest BCUT2D eigenvalue weighted by atomic mass is 9.97. The molecule has 0 bridgehead atoms. The van der Waals surface area contributed by atoms with Crippen molar-refractivity contribution in [3.63, 3.8) is 0 Å². The SMILES string of the molecule is COc1ccc(/C=C(\C#N)C(=O)Nc2ccc(C)c(Cl)c2)c(Cc2ccccc2Cl)c1. The predicted molar refractivity (Wildman–Crippen MR) is 126 cm³/mol. The zero-order chi connectivity index (χ0) is 22.4. The number of halogens is 2. The van der Waals surface area contributed by atoms with Crippen LogP contribution in [-0.2, 0) is 11.2 Å². The fourth-order valence-corrected chi connectivity index (χ4v) is 3.41. The van der Waals surface area contributed by atoms with Crippen molar-refractivity contribution in [1.29, 1.82) is 5.26 Å². The van der Waals surface area contributed by atoms with E-state index in [1.807, 2.05) is 49.4 Å². The van der Waals surface area contributed by atoms with Gasteiger partial charge in [0.1, 0.15) is 17.4 Å². The van der Waals surface area contributed by atoms with Crippen LogP contribution in [0, 0.1) is 18.3 Å². The van der Waals surface area contributed by atoms with Gasteiger partial charge in [0.2, 0.25) is 0 Å². The lowest BCUT2D eigenvalue weighted by Gasteiger charge is -2.11. The Kier molecular flexibility index (Phi) is 7.36. The van der Waals surface area contributed by atoms with Crippen molar-refractivity contribution in [1.82, 2.24) is 0 Å². The van der Waals surface area contributed by atoms with Crippen LogP contribution in [0.5, 0.6) is 5.75 Å². The van der Waals surface area contributed by atoms with E-state index in [0.29, 0.717) is 27.9 Å². The second-order valence-electron chi connectivity index (χ2n) is 6.92. The Morgan fingerprint density at radius 2 is 1.84 bits per heavy atom. The summed E-state index contributed by atoms with van der Waals surface area (Å²) in [6.45, 7) is 1.87. The van der Waals surface area contributed by atoms with Gasteiger partial charge in [-0.05, 0) is 72.0 Å². The summed E-state index contributed by atoms with van der Waals surface area (Å²) in [4.78, 5) is 12.7. The number of carbonyl (C=O) groups is 1. The normalized spacial score (nSPS) is 11.0. The lowest BCUT2D eigenvalue weighted by Crippen LogP contribution is -2.13. The smallest absolute Gasteiger partial charge is 0.266 e. The molecule has 0 atom stereocenters. The standard InChI is InChI=1S/C25H20Cl2N2O2/c1-16-7-9-21(14-24(16)27)29-25(30)20(15-28)11-17-8-10-22(31-2)13-19(17)12-18-5-3-4-6-23(18)26/h3-11,13-14H,12H2,1-2H3,(H,29,30)/b20-11+. The van der Waals surface area contributed by atoms with Crippen LogP contribution in [0.25, 0.3) is 6.08 Å². The first-order valence-electron chi connectivity index (χ1n) is 9.51. The van der Waals surface area contributed by atoms with Gasteiger partial charge in [0.25, 0.3) is 5.91 Å². The minimum Gasteiger partial charge on any atom is -0.497 e. The number of nitrogens with one attached hydrogen (secondary N) is 1. The molecular formula is C25H20Cl2N2O2. The number of carbonyl (C=O) groups excluding carboxylic acids is 1. The number of hydrogen-bond donors (Lipinski definition) is 1. The molecule has 3 rings (SSSR count). The van der Waals surface area contributed by atoms with Crippen molar-refractivity contribution in [2.45, 2.75) is 13.3 Å². The van der Waals surface area contributed by atoms with E-state index >= 15 is 0 Å². The number of rotatable bonds is 6. The van der Waals surface area contributed by atoms with E-state index in [4.69, 9.17) is 27.9 Å². The molecule has 3 aromatic rings. The monoisotopic (exact) mass is 450 g/mol. The number of amides is 1. The zero-order valence-electron chi connectivity index (χ0n) is 17.1. The summed E-state index contributed by atoms with van der Waals surface area (Å²) in [5, 5.41) is 13.5. The molecule has 0 radical (unpaired) electrons. The van der Waals surface area contributed by atoms with Crippen LogP contribution in [0.1, 0.15) is 22.3 Å². The van der Waals surface area contributed by atoms with Crippen LogP contribution in [0.4, 0.5) is 5.69 Å². The second-order valence-corrected chi connectivity index (χ2v) is 7.74. The van der Waals surface area contributed by atoms with E-state index in [9.17, 15) is 10.1 Å². The lowest BCUT2D eigenvalue weighted by molar-refractivity contribution is -0.112. The third kappa shape index (κ3) is 5.67. The zero-order valence-corrected chi connectivity index (χ0v) is 18.6. The fraction of sp³-hybridized carbons (Fsp3) is 0.120. The molecule has 0 saturated carbocycles. The molecule has 31 heavy (non-hydrogen) atoms. The third-order valence-corrected chi connectivity index (χ3v) is 5.56. The molecule has 0 heterocycles. The molecule has 0 saturated heterocycles. The Hall–Kier alpha value is -3.26. The minimum atomic E-state index is -0.512. The van der Waals surface area contributed by atoms with Gasteiger partial charge in [-0.1, -0.05) is 53.5 Å². The Balaban J connectivity index is 1.93. The Morgan fingerprint density at radius 1 is 1.06 bits per heavy atom. The average Bonchev–Trinajstić information content (AvgIpc) is 2.76. The molecule has 0 aromatic heterocycles. The van der Waals surface area contributed by atoms with Gasteiger partial charge in [0.15, 0.2) is 0 Å². The number of nitriles is 1. The summed E-state index contributed by atoms with van der Waals surface area (Å²) >= 11 is 12.4. The molecule has 1 N–H and O–H groups in total. The van der Waals surface area contributed by atoms with Crippen molar-refractivity contribution in [3.05, 3.63) is 98.5 Å². The molecule has 4 nitrogen and oxygen atoms in total. The fourth-order valence-electron chi connectivity index (χ4n) is 3.02. The maximum atomic E-state index is 12.7. The van der Waals surface area contributed by atoms with Crippen LogP contribution < -0.4 is 10.1 Å². The summed E-state index contributed by atoms with van der Waals surface area (Å²) < 4.78 is 5.35. The summed E-state index contributed by atoms with van der Waals surface area (Å²) in [5.41, 5.74) is 3.94. The summed E-state index contributed by atoms with van der Waals surface area (Å²) in [6, 6.07) is 20.2. The molecule has 0 unspecified atom stereocenters. The van der Waals surface area contributed by atoms with Gasteiger partial charge in [0.05, 0.1) is 7.11 Å². The summed E-state index contributed by atoms with van der Waals surface area (Å²) in [6.07, 6.45) is 2.09. The van der Waals surface area contributed by atoms with Crippen LogP contribution >= 0.6 is 23.2 Å². The topological polar surface area (TPSA) is 62.1 Å². The maximum absolute atomic E-state index is 12.7. The highest BCUT2D eigenvalue weighted by Crippen LogP contribution is 2.26. The maximum Gasteiger partial charge on any atom is 0.266 e. The second kappa shape index (κ2) is 10.2. The number of aryl methyl sites for hydroxylation is 1. The summed E-state index contributed by atoms with van der Waals surface area (Å²) in [5.74, 6) is 0.165. The molecule has 0 fully saturated rings. The first kappa shape index (κ1) is 22.4.